The highest BCUT2D eigenvalue weighted by Gasteiger charge is 2.10. The van der Waals surface area contributed by atoms with Crippen LogP contribution in [0.5, 0.6) is 0 Å². The summed E-state index contributed by atoms with van der Waals surface area (Å²) in [6.45, 7) is 0.844. The van der Waals surface area contributed by atoms with Crippen molar-refractivity contribution >= 4 is 27.5 Å². The van der Waals surface area contributed by atoms with Gasteiger partial charge in [-0.25, -0.2) is 4.98 Å². The van der Waals surface area contributed by atoms with E-state index in [1.807, 2.05) is 25.2 Å². The zero-order valence-corrected chi connectivity index (χ0v) is 11.7. The summed E-state index contributed by atoms with van der Waals surface area (Å²) in [4.78, 5) is 4.23. The number of nitrogens with zero attached hydrogens (tertiary/aromatic N) is 1. The van der Waals surface area contributed by atoms with Gasteiger partial charge in [0, 0.05) is 28.0 Å². The first kappa shape index (κ1) is 12.6. The number of rotatable bonds is 4. The lowest BCUT2D eigenvalue weighted by molar-refractivity contribution is 0.500. The van der Waals surface area contributed by atoms with E-state index >= 15 is 0 Å². The van der Waals surface area contributed by atoms with Crippen LogP contribution in [0.3, 0.4) is 0 Å². The number of hydrogen-bond donors (Lipinski definition) is 1. The molecule has 1 heterocycles. The molecule has 0 saturated heterocycles. The van der Waals surface area contributed by atoms with Gasteiger partial charge < -0.3 is 9.73 Å². The third kappa shape index (κ3) is 3.09. The van der Waals surface area contributed by atoms with Crippen molar-refractivity contribution < 1.29 is 4.42 Å². The summed E-state index contributed by atoms with van der Waals surface area (Å²) >= 11 is 9.43. The normalized spacial score (nSPS) is 10.8. The number of nitrogens with one attached hydrogen (secondary N) is 1. The molecule has 0 atom stereocenters. The molecule has 0 spiro atoms. The van der Waals surface area contributed by atoms with Gasteiger partial charge >= 0.3 is 0 Å². The minimum atomic E-state index is 0.677. The van der Waals surface area contributed by atoms with Gasteiger partial charge in [0.15, 0.2) is 11.7 Å². The van der Waals surface area contributed by atoms with Crippen molar-refractivity contribution in [2.75, 3.05) is 13.6 Å². The number of hydrogen-bond acceptors (Lipinski definition) is 3. The van der Waals surface area contributed by atoms with Crippen molar-refractivity contribution in [3.05, 3.63) is 39.8 Å². The van der Waals surface area contributed by atoms with Crippen molar-refractivity contribution in [1.82, 2.24) is 10.3 Å². The summed E-state index contributed by atoms with van der Waals surface area (Å²) in [5, 5.41) is 3.73. The molecule has 0 bridgehead atoms. The number of benzene rings is 1. The fourth-order valence-electron chi connectivity index (χ4n) is 1.47. The van der Waals surface area contributed by atoms with Gasteiger partial charge in [0.25, 0.3) is 0 Å². The van der Waals surface area contributed by atoms with E-state index in [2.05, 4.69) is 26.2 Å². The molecular weight excluding hydrogens is 304 g/mol. The molecule has 2 aromatic rings. The van der Waals surface area contributed by atoms with E-state index in [0.29, 0.717) is 5.02 Å². The van der Waals surface area contributed by atoms with Crippen LogP contribution >= 0.6 is 27.5 Å². The van der Waals surface area contributed by atoms with Crippen molar-refractivity contribution in [2.45, 2.75) is 6.42 Å². The fourth-order valence-corrected chi connectivity index (χ4v) is 2.08. The molecule has 0 radical (unpaired) electrons. The third-order valence-electron chi connectivity index (χ3n) is 2.34. The van der Waals surface area contributed by atoms with E-state index in [1.165, 1.54) is 0 Å². The molecule has 0 aliphatic carbocycles. The predicted octanol–water partition coefficient (Wildman–Crippen LogP) is 3.52. The monoisotopic (exact) mass is 314 g/mol. The molecule has 0 unspecified atom stereocenters. The molecule has 0 saturated carbocycles. The van der Waals surface area contributed by atoms with Gasteiger partial charge in [-0.3, -0.25) is 0 Å². The Balaban J connectivity index is 2.27. The molecule has 0 amide bonds. The van der Waals surface area contributed by atoms with Crippen LogP contribution in [-0.2, 0) is 6.42 Å². The second-order valence-corrected chi connectivity index (χ2v) is 4.89. The quantitative estimate of drug-likeness (QED) is 0.938. The molecule has 0 fully saturated rings. The average molecular weight is 316 g/mol. The van der Waals surface area contributed by atoms with Crippen LogP contribution in [0, 0.1) is 0 Å². The zero-order valence-electron chi connectivity index (χ0n) is 9.34. The lowest BCUT2D eigenvalue weighted by Gasteiger charge is -2.01. The first-order chi connectivity index (χ1) is 8.20. The summed E-state index contributed by atoms with van der Waals surface area (Å²) in [6, 6.07) is 5.58. The summed E-state index contributed by atoms with van der Waals surface area (Å²) in [5.74, 6) is 1.45. The number of oxazole rings is 1. The first-order valence-electron chi connectivity index (χ1n) is 5.25. The molecule has 1 N–H and O–H groups in total. The second-order valence-electron chi connectivity index (χ2n) is 3.60. The number of likely N-dealkylation sites (N-methyl/N-ethyl adjacent to an activating group) is 1. The Labute approximate surface area is 113 Å². The number of halogens is 2. The maximum absolute atomic E-state index is 5.96. The SMILES string of the molecule is CNCCc1ncc(-c2cc(Cl)ccc2Br)o1. The van der Waals surface area contributed by atoms with Gasteiger partial charge in [0.1, 0.15) is 0 Å². The van der Waals surface area contributed by atoms with Crippen LogP contribution in [0.25, 0.3) is 11.3 Å². The highest BCUT2D eigenvalue weighted by Crippen LogP contribution is 2.31. The lowest BCUT2D eigenvalue weighted by atomic mass is 10.2. The highest BCUT2D eigenvalue weighted by atomic mass is 79.9. The Bertz CT molecular complexity index is 513. The van der Waals surface area contributed by atoms with Crippen molar-refractivity contribution in [3.63, 3.8) is 0 Å². The standard InChI is InChI=1S/C12H12BrClN2O/c1-15-5-4-12-16-7-11(17-12)9-6-8(14)2-3-10(9)13/h2-3,6-7,15H,4-5H2,1H3. The molecule has 1 aromatic carbocycles. The summed E-state index contributed by atoms with van der Waals surface area (Å²) in [6.07, 6.45) is 2.50. The highest BCUT2D eigenvalue weighted by molar-refractivity contribution is 9.10. The summed E-state index contributed by atoms with van der Waals surface area (Å²) in [5.41, 5.74) is 0.917. The van der Waals surface area contributed by atoms with E-state index in [-0.39, 0.29) is 0 Å². The van der Waals surface area contributed by atoms with Gasteiger partial charge in [0.05, 0.1) is 6.20 Å². The topological polar surface area (TPSA) is 38.1 Å². The molecule has 17 heavy (non-hydrogen) atoms. The summed E-state index contributed by atoms with van der Waals surface area (Å²) < 4.78 is 6.61. The van der Waals surface area contributed by atoms with Crippen LogP contribution in [-0.4, -0.2) is 18.6 Å². The van der Waals surface area contributed by atoms with Crippen LogP contribution in [0.2, 0.25) is 5.02 Å². The van der Waals surface area contributed by atoms with Crippen LogP contribution < -0.4 is 5.32 Å². The molecule has 90 valence electrons. The van der Waals surface area contributed by atoms with Gasteiger partial charge in [0.2, 0.25) is 0 Å². The van der Waals surface area contributed by atoms with Gasteiger partial charge in [-0.2, -0.15) is 0 Å². The first-order valence-corrected chi connectivity index (χ1v) is 6.42. The Morgan fingerprint density at radius 3 is 3.06 bits per heavy atom. The third-order valence-corrected chi connectivity index (χ3v) is 3.26. The predicted molar refractivity (Wildman–Crippen MR) is 72.3 cm³/mol. The smallest absolute Gasteiger partial charge is 0.196 e. The lowest BCUT2D eigenvalue weighted by Crippen LogP contribution is -2.10. The Hall–Kier alpha value is -0.840. The molecule has 3 nitrogen and oxygen atoms in total. The maximum atomic E-state index is 5.96. The zero-order chi connectivity index (χ0) is 12.3. The van der Waals surface area contributed by atoms with Crippen LogP contribution in [0.15, 0.2) is 33.3 Å². The minimum Gasteiger partial charge on any atom is -0.441 e. The fraction of sp³-hybridized carbons (Fsp3) is 0.250. The Kier molecular flexibility index (Phi) is 4.20. The Morgan fingerprint density at radius 1 is 1.47 bits per heavy atom. The van der Waals surface area contributed by atoms with E-state index in [9.17, 15) is 0 Å². The molecule has 2 rings (SSSR count). The van der Waals surface area contributed by atoms with Crippen molar-refractivity contribution in [1.29, 1.82) is 0 Å². The number of aromatic nitrogens is 1. The van der Waals surface area contributed by atoms with Gasteiger partial charge in [-0.05, 0) is 25.2 Å². The Morgan fingerprint density at radius 2 is 2.29 bits per heavy atom. The molecular formula is C12H12BrClN2O. The van der Waals surface area contributed by atoms with Gasteiger partial charge in [-0.1, -0.05) is 27.5 Å². The van der Waals surface area contributed by atoms with Crippen LogP contribution in [0.4, 0.5) is 0 Å². The largest absolute Gasteiger partial charge is 0.441 e. The second kappa shape index (κ2) is 5.67. The molecule has 0 aliphatic rings. The maximum Gasteiger partial charge on any atom is 0.196 e. The van der Waals surface area contributed by atoms with E-state index in [0.717, 1.165) is 34.7 Å². The van der Waals surface area contributed by atoms with E-state index in [1.54, 1.807) is 6.20 Å². The van der Waals surface area contributed by atoms with Crippen LogP contribution in [0.1, 0.15) is 5.89 Å². The van der Waals surface area contributed by atoms with E-state index in [4.69, 9.17) is 16.0 Å². The molecule has 5 heteroatoms. The van der Waals surface area contributed by atoms with Gasteiger partial charge in [-0.15, -0.1) is 0 Å². The van der Waals surface area contributed by atoms with Crippen molar-refractivity contribution in [2.24, 2.45) is 0 Å². The average Bonchev–Trinajstić information content (AvgIpc) is 2.78. The molecule has 1 aromatic heterocycles. The summed E-state index contributed by atoms with van der Waals surface area (Å²) in [7, 11) is 1.90. The minimum absolute atomic E-state index is 0.677. The van der Waals surface area contributed by atoms with Crippen molar-refractivity contribution in [3.8, 4) is 11.3 Å². The molecule has 0 aliphatic heterocycles. The van der Waals surface area contributed by atoms with E-state index < -0.39 is 0 Å².